The van der Waals surface area contributed by atoms with E-state index in [9.17, 15) is 24.6 Å². The monoisotopic (exact) mass is 1000 g/mol. The third kappa shape index (κ3) is 12.7. The van der Waals surface area contributed by atoms with Crippen LogP contribution in [0.4, 0.5) is 4.79 Å². The SMILES string of the molecule is Cc1cnc2ccc(=O)n(CCN3CC[C@H](N(Cc4cc5c(cn4)OCCO5)C(=O)OC(C)(C)C)[C@H](O)C3)c2c1.Cc1cnc2ccc(=O)n(CCN3CC[C@H](NCc4cc5c(cn4)OCCO5)[C@H](O)C3)c2c1. The van der Waals surface area contributed by atoms with Crippen LogP contribution in [-0.2, 0) is 30.9 Å². The van der Waals surface area contributed by atoms with Crippen molar-refractivity contribution < 1.29 is 38.7 Å². The number of ether oxygens (including phenoxy) is 5. The number of piperidine rings is 2. The highest BCUT2D eigenvalue weighted by molar-refractivity contribution is 5.75. The van der Waals surface area contributed by atoms with Gasteiger partial charge in [0.05, 0.1) is 70.6 Å². The van der Waals surface area contributed by atoms with Crippen LogP contribution < -0.4 is 35.4 Å². The molecule has 20 heteroatoms. The number of carbonyl (C=O) groups is 1. The molecule has 73 heavy (non-hydrogen) atoms. The van der Waals surface area contributed by atoms with Gasteiger partial charge in [0, 0.05) is 95.1 Å². The van der Waals surface area contributed by atoms with E-state index in [1.807, 2.05) is 59.0 Å². The highest BCUT2D eigenvalue weighted by Crippen LogP contribution is 2.32. The Kier molecular flexibility index (Phi) is 15.8. The number of carbonyl (C=O) groups excluding carboxylic acids is 1. The summed E-state index contributed by atoms with van der Waals surface area (Å²) in [4.78, 5) is 62.1. The quantitative estimate of drug-likeness (QED) is 0.159. The van der Waals surface area contributed by atoms with E-state index in [2.05, 4.69) is 35.1 Å². The van der Waals surface area contributed by atoms with Crippen LogP contribution in [0.3, 0.4) is 0 Å². The molecular formula is C53H66N10O10. The molecule has 0 spiro atoms. The molecule has 1 amide bonds. The van der Waals surface area contributed by atoms with Gasteiger partial charge in [-0.3, -0.25) is 44.2 Å². The minimum absolute atomic E-state index is 0.0108. The van der Waals surface area contributed by atoms with Crippen molar-refractivity contribution in [2.45, 2.75) is 104 Å². The number of aryl methyl sites for hydroxylation is 2. The van der Waals surface area contributed by atoms with E-state index in [0.717, 1.165) is 57.6 Å². The van der Waals surface area contributed by atoms with Crippen LogP contribution >= 0.6 is 0 Å². The summed E-state index contributed by atoms with van der Waals surface area (Å²) in [6, 6.07) is 13.8. The van der Waals surface area contributed by atoms with Crippen LogP contribution in [-0.4, -0.2) is 156 Å². The molecule has 0 bridgehead atoms. The number of aliphatic hydroxyl groups excluding tert-OH is 2. The third-order valence-corrected chi connectivity index (χ3v) is 13.4. The van der Waals surface area contributed by atoms with Crippen molar-refractivity contribution in [3.63, 3.8) is 0 Å². The number of hydrogen-bond acceptors (Lipinski definition) is 17. The van der Waals surface area contributed by atoms with Crippen molar-refractivity contribution in [3.05, 3.63) is 117 Å². The summed E-state index contributed by atoms with van der Waals surface area (Å²) >= 11 is 0. The van der Waals surface area contributed by atoms with E-state index in [0.29, 0.717) is 108 Å². The Hall–Kier alpha value is -6.71. The van der Waals surface area contributed by atoms with Gasteiger partial charge in [0.25, 0.3) is 11.1 Å². The highest BCUT2D eigenvalue weighted by Gasteiger charge is 2.37. The molecule has 20 nitrogen and oxygen atoms in total. The number of amides is 1. The Labute approximate surface area is 423 Å². The minimum atomic E-state index is -0.813. The number of nitrogens with zero attached hydrogens (tertiary/aromatic N) is 9. The third-order valence-electron chi connectivity index (χ3n) is 13.4. The fraction of sp³-hybridized carbons (Fsp3) is 0.491. The van der Waals surface area contributed by atoms with Crippen LogP contribution in [0.25, 0.3) is 22.1 Å². The van der Waals surface area contributed by atoms with Gasteiger partial charge in [0.15, 0.2) is 23.0 Å². The molecule has 2 saturated heterocycles. The second kappa shape index (κ2) is 22.6. The molecule has 388 valence electrons. The van der Waals surface area contributed by atoms with Gasteiger partial charge in [-0.25, -0.2) is 4.79 Å². The topological polar surface area (TPSA) is 221 Å². The van der Waals surface area contributed by atoms with Crippen molar-refractivity contribution in [1.29, 1.82) is 0 Å². The summed E-state index contributed by atoms with van der Waals surface area (Å²) in [6.45, 7) is 16.8. The van der Waals surface area contributed by atoms with Crippen molar-refractivity contribution in [1.82, 2.24) is 49.1 Å². The average molecular weight is 1000 g/mol. The lowest BCUT2D eigenvalue weighted by Gasteiger charge is -2.42. The van der Waals surface area contributed by atoms with Crippen molar-refractivity contribution in [3.8, 4) is 23.0 Å². The first-order chi connectivity index (χ1) is 35.1. The summed E-state index contributed by atoms with van der Waals surface area (Å²) in [6.07, 6.45) is 6.43. The van der Waals surface area contributed by atoms with Gasteiger partial charge in [-0.1, -0.05) is 0 Å². The smallest absolute Gasteiger partial charge is 0.410 e. The lowest BCUT2D eigenvalue weighted by molar-refractivity contribution is -0.0357. The van der Waals surface area contributed by atoms with Crippen LogP contribution in [0.1, 0.15) is 56.1 Å². The number of aromatic nitrogens is 6. The van der Waals surface area contributed by atoms with E-state index >= 15 is 0 Å². The van der Waals surface area contributed by atoms with Gasteiger partial charge in [-0.15, -0.1) is 0 Å². The summed E-state index contributed by atoms with van der Waals surface area (Å²) in [5, 5.41) is 25.4. The van der Waals surface area contributed by atoms with E-state index in [4.69, 9.17) is 23.7 Å². The summed E-state index contributed by atoms with van der Waals surface area (Å²) in [7, 11) is 0. The van der Waals surface area contributed by atoms with E-state index < -0.39 is 29.9 Å². The van der Waals surface area contributed by atoms with E-state index in [1.165, 1.54) is 6.07 Å². The van der Waals surface area contributed by atoms with Crippen LogP contribution in [0, 0.1) is 13.8 Å². The van der Waals surface area contributed by atoms with Crippen molar-refractivity contribution in [2.24, 2.45) is 0 Å². The predicted octanol–water partition coefficient (Wildman–Crippen LogP) is 3.84. The first-order valence-corrected chi connectivity index (χ1v) is 25.1. The molecule has 0 saturated carbocycles. The standard InChI is InChI=1S/C29H37N5O6.C24H29N5O4/c1-19-13-23-21(31-15-19)5-6-27(36)33(23)10-9-32-8-7-22(24(35)18-32)34(28(37)40-29(2,3)4)17-20-14-25-26(16-30-20)39-12-11-38-25;1-16-10-20-18(26-12-16)2-3-24(31)29(20)7-6-28-5-4-19(21(30)15-28)27-13-17-11-22-23(14-25-17)33-9-8-32-22/h5-6,13-16,22,24,35H,7-12,17-18H2,1-4H3;2-3,10-12,14,19,21,27,30H,4-9,13,15H2,1H3/t22-,24+;19-,21+/m00/s1. The molecular weight excluding hydrogens is 937 g/mol. The molecule has 10 heterocycles. The fourth-order valence-electron chi connectivity index (χ4n) is 9.68. The Morgan fingerprint density at radius 1 is 0.671 bits per heavy atom. The lowest BCUT2D eigenvalue weighted by Crippen LogP contribution is -2.56. The average Bonchev–Trinajstić information content (AvgIpc) is 3.37. The van der Waals surface area contributed by atoms with Crippen molar-refractivity contribution in [2.75, 3.05) is 65.7 Å². The summed E-state index contributed by atoms with van der Waals surface area (Å²) < 4.78 is 31.6. The Bertz CT molecular complexity index is 3030. The number of pyridine rings is 6. The number of hydrogen-bond donors (Lipinski definition) is 3. The largest absolute Gasteiger partial charge is 0.486 e. The number of rotatable bonds is 12. The molecule has 2 fully saturated rings. The lowest BCUT2D eigenvalue weighted by atomic mass is 10.00. The first-order valence-electron chi connectivity index (χ1n) is 25.1. The molecule has 10 rings (SSSR count). The zero-order chi connectivity index (χ0) is 51.2. The van der Waals surface area contributed by atoms with Crippen LogP contribution in [0.15, 0.2) is 82.9 Å². The predicted molar refractivity (Wildman–Crippen MR) is 272 cm³/mol. The van der Waals surface area contributed by atoms with E-state index in [-0.39, 0.29) is 23.7 Å². The number of fused-ring (bicyclic) bond motifs is 4. The maximum atomic E-state index is 13.3. The van der Waals surface area contributed by atoms with Gasteiger partial charge in [-0.2, -0.15) is 0 Å². The summed E-state index contributed by atoms with van der Waals surface area (Å²) in [5.41, 5.74) is 5.90. The highest BCUT2D eigenvalue weighted by atomic mass is 16.6. The van der Waals surface area contributed by atoms with Crippen molar-refractivity contribution >= 4 is 28.2 Å². The van der Waals surface area contributed by atoms with Gasteiger partial charge < -0.3 is 48.3 Å². The van der Waals surface area contributed by atoms with E-state index in [1.54, 1.807) is 56.9 Å². The van der Waals surface area contributed by atoms with Gasteiger partial charge in [0.2, 0.25) is 0 Å². The maximum Gasteiger partial charge on any atom is 0.410 e. The molecule has 3 N–H and O–H groups in total. The number of nitrogens with one attached hydrogen (secondary N) is 1. The number of likely N-dealkylation sites (tertiary alicyclic amines) is 2. The van der Waals surface area contributed by atoms with Gasteiger partial charge in [0.1, 0.15) is 32.0 Å². The molecule has 4 atom stereocenters. The molecule has 0 aliphatic carbocycles. The molecule has 4 aliphatic rings. The molecule has 0 radical (unpaired) electrons. The van der Waals surface area contributed by atoms with Gasteiger partial charge in [-0.05, 0) is 89.4 Å². The Balaban J connectivity index is 0.000000183. The second-order valence-electron chi connectivity index (χ2n) is 20.1. The second-order valence-corrected chi connectivity index (χ2v) is 20.1. The molecule has 0 aromatic carbocycles. The molecule has 6 aromatic heterocycles. The zero-order valence-electron chi connectivity index (χ0n) is 42.2. The van der Waals surface area contributed by atoms with Crippen LogP contribution in [0.2, 0.25) is 0 Å². The zero-order valence-corrected chi connectivity index (χ0v) is 42.2. The number of β-amino-alcohol motifs (C(OH)–C–C–N with tert-alkyl or cyclic N) is 2. The molecule has 6 aromatic rings. The Morgan fingerprint density at radius 3 is 1.71 bits per heavy atom. The maximum absolute atomic E-state index is 13.3. The van der Waals surface area contributed by atoms with Gasteiger partial charge >= 0.3 is 6.09 Å². The fourth-order valence-corrected chi connectivity index (χ4v) is 9.68. The minimum Gasteiger partial charge on any atom is -0.486 e. The molecule has 4 aliphatic heterocycles. The molecule has 0 unspecified atom stereocenters. The van der Waals surface area contributed by atoms with Crippen LogP contribution in [0.5, 0.6) is 23.0 Å². The number of aliphatic hydroxyl groups is 2. The normalized spacial score (nSPS) is 20.0. The Morgan fingerprint density at radius 2 is 1.18 bits per heavy atom. The summed E-state index contributed by atoms with van der Waals surface area (Å²) in [5.74, 6) is 2.56. The first kappa shape index (κ1) is 51.2.